The molecule has 1 aromatic heterocycles. The van der Waals surface area contributed by atoms with Gasteiger partial charge in [-0.1, -0.05) is 12.1 Å². The van der Waals surface area contributed by atoms with Crippen molar-refractivity contribution in [3.05, 3.63) is 56.5 Å². The lowest BCUT2D eigenvalue weighted by atomic mass is 9.92. The average molecular weight is 323 g/mol. The summed E-state index contributed by atoms with van der Waals surface area (Å²) in [7, 11) is 1.48. The van der Waals surface area contributed by atoms with Crippen LogP contribution in [0.4, 0.5) is 13.2 Å². The molecule has 0 unspecified atom stereocenters. The number of halogens is 3. The number of alkyl halides is 3. The molecule has 0 fully saturated rings. The summed E-state index contributed by atoms with van der Waals surface area (Å²) < 4.78 is 47.1. The Hall–Kier alpha value is -2.08. The van der Waals surface area contributed by atoms with E-state index in [2.05, 4.69) is 0 Å². The third-order valence-corrected chi connectivity index (χ3v) is 4.40. The van der Waals surface area contributed by atoms with Crippen LogP contribution < -0.4 is 5.56 Å². The largest absolute Gasteiger partial charge is 0.417 e. The van der Waals surface area contributed by atoms with Crippen molar-refractivity contribution in [2.24, 2.45) is 7.05 Å². The van der Waals surface area contributed by atoms with Gasteiger partial charge in [-0.15, -0.1) is 0 Å². The molecule has 0 atom stereocenters. The topological polar surface area (TPSA) is 31.2 Å². The van der Waals surface area contributed by atoms with Crippen molar-refractivity contribution in [1.82, 2.24) is 4.57 Å². The summed E-state index contributed by atoms with van der Waals surface area (Å²) in [6.07, 6.45) is -4.59. The van der Waals surface area contributed by atoms with Crippen molar-refractivity contribution in [3.8, 4) is 11.1 Å². The molecule has 1 aliphatic heterocycles. The maximum absolute atomic E-state index is 13.5. The van der Waals surface area contributed by atoms with Gasteiger partial charge in [0.1, 0.15) is 0 Å². The summed E-state index contributed by atoms with van der Waals surface area (Å²) in [5.74, 6) is 0. The van der Waals surface area contributed by atoms with Crippen LogP contribution in [-0.2, 0) is 31.2 Å². The van der Waals surface area contributed by atoms with Crippen molar-refractivity contribution in [1.29, 1.82) is 0 Å². The highest BCUT2D eigenvalue weighted by Crippen LogP contribution is 2.39. The van der Waals surface area contributed by atoms with Gasteiger partial charge in [0, 0.05) is 12.7 Å². The fourth-order valence-corrected chi connectivity index (χ4v) is 2.97. The number of fused-ring (bicyclic) bond motifs is 1. The normalized spacial score (nSPS) is 14.2. The van der Waals surface area contributed by atoms with Crippen molar-refractivity contribution in [3.63, 3.8) is 0 Å². The van der Waals surface area contributed by atoms with Crippen molar-refractivity contribution >= 4 is 0 Å². The molecule has 2 heterocycles. The number of ether oxygens (including phenoxy) is 1. The van der Waals surface area contributed by atoms with Crippen molar-refractivity contribution < 1.29 is 17.9 Å². The van der Waals surface area contributed by atoms with Gasteiger partial charge < -0.3 is 9.30 Å². The first kappa shape index (κ1) is 15.8. The number of hydrogen-bond donors (Lipinski definition) is 0. The van der Waals surface area contributed by atoms with Crippen LogP contribution in [-0.4, -0.2) is 4.57 Å². The van der Waals surface area contributed by atoms with Gasteiger partial charge in [-0.3, -0.25) is 4.79 Å². The summed E-state index contributed by atoms with van der Waals surface area (Å²) >= 11 is 0. The predicted octanol–water partition coefficient (Wildman–Crippen LogP) is 3.72. The Kier molecular flexibility index (Phi) is 3.59. The first-order valence-corrected chi connectivity index (χ1v) is 7.19. The molecule has 0 amide bonds. The molecule has 0 radical (unpaired) electrons. The zero-order valence-corrected chi connectivity index (χ0v) is 13.0. The second kappa shape index (κ2) is 5.23. The zero-order chi connectivity index (χ0) is 16.9. The van der Waals surface area contributed by atoms with E-state index in [1.54, 1.807) is 12.1 Å². The molecule has 0 saturated heterocycles. The molecule has 2 aromatic rings. The van der Waals surface area contributed by atoms with Gasteiger partial charge in [-0.05, 0) is 42.2 Å². The first-order valence-electron chi connectivity index (χ1n) is 7.19. The van der Waals surface area contributed by atoms with E-state index in [1.165, 1.54) is 18.5 Å². The molecule has 0 aliphatic carbocycles. The molecular formula is C17H16F3NO2. The van der Waals surface area contributed by atoms with Crippen LogP contribution >= 0.6 is 0 Å². The maximum atomic E-state index is 13.5. The number of benzene rings is 1. The standard InChI is InChI=1S/C17H16F3NO2/c1-9-4-5-11(13-8-23-7-12(9)13)15-14(17(18,19)20)6-10(2)21(3)16(15)22/h4-6H,7-8H2,1-3H3. The lowest BCUT2D eigenvalue weighted by molar-refractivity contribution is -0.137. The maximum Gasteiger partial charge on any atom is 0.417 e. The Morgan fingerprint density at radius 1 is 1.13 bits per heavy atom. The quantitative estimate of drug-likeness (QED) is 0.801. The van der Waals surface area contributed by atoms with E-state index in [9.17, 15) is 18.0 Å². The van der Waals surface area contributed by atoms with E-state index < -0.39 is 17.3 Å². The van der Waals surface area contributed by atoms with Gasteiger partial charge in [-0.25, -0.2) is 0 Å². The molecule has 1 aromatic carbocycles. The first-order chi connectivity index (χ1) is 10.7. The zero-order valence-electron chi connectivity index (χ0n) is 13.0. The summed E-state index contributed by atoms with van der Waals surface area (Å²) in [6, 6.07) is 4.35. The third kappa shape index (κ3) is 2.47. The highest BCUT2D eigenvalue weighted by atomic mass is 19.4. The lowest BCUT2D eigenvalue weighted by Crippen LogP contribution is -2.25. The summed E-state index contributed by atoms with van der Waals surface area (Å²) in [5, 5.41) is 0. The summed E-state index contributed by atoms with van der Waals surface area (Å²) in [5.41, 5.74) is 1.26. The molecule has 122 valence electrons. The SMILES string of the molecule is Cc1ccc(-c2c(C(F)(F)F)cc(C)n(C)c2=O)c2c1COC2. The van der Waals surface area contributed by atoms with Gasteiger partial charge in [0.2, 0.25) is 0 Å². The molecule has 0 N–H and O–H groups in total. The monoisotopic (exact) mass is 323 g/mol. The Morgan fingerprint density at radius 2 is 1.78 bits per heavy atom. The van der Waals surface area contributed by atoms with E-state index in [4.69, 9.17) is 4.74 Å². The second-order valence-electron chi connectivity index (χ2n) is 5.82. The highest BCUT2D eigenvalue weighted by molar-refractivity contribution is 5.73. The van der Waals surface area contributed by atoms with E-state index in [0.29, 0.717) is 17.7 Å². The molecule has 0 saturated carbocycles. The molecule has 0 bridgehead atoms. The fourth-order valence-electron chi connectivity index (χ4n) is 2.97. The number of hydrogen-bond acceptors (Lipinski definition) is 2. The molecule has 3 rings (SSSR count). The molecule has 6 heteroatoms. The van der Waals surface area contributed by atoms with Crippen LogP contribution in [0.1, 0.15) is 27.9 Å². The van der Waals surface area contributed by atoms with Crippen molar-refractivity contribution in [2.75, 3.05) is 0 Å². The van der Waals surface area contributed by atoms with Gasteiger partial charge in [-0.2, -0.15) is 13.2 Å². The number of rotatable bonds is 1. The minimum atomic E-state index is -4.59. The number of aromatic nitrogens is 1. The Balaban J connectivity index is 2.40. The number of pyridine rings is 1. The van der Waals surface area contributed by atoms with Crippen LogP contribution in [0.5, 0.6) is 0 Å². The summed E-state index contributed by atoms with van der Waals surface area (Å²) in [4.78, 5) is 12.6. The minimum Gasteiger partial charge on any atom is -0.372 e. The molecule has 23 heavy (non-hydrogen) atoms. The highest BCUT2D eigenvalue weighted by Gasteiger charge is 2.37. The minimum absolute atomic E-state index is 0.223. The van der Waals surface area contributed by atoms with Crippen LogP contribution in [0.15, 0.2) is 23.0 Å². The number of nitrogens with zero attached hydrogens (tertiary/aromatic N) is 1. The van der Waals surface area contributed by atoms with E-state index in [1.807, 2.05) is 6.92 Å². The van der Waals surface area contributed by atoms with Gasteiger partial charge >= 0.3 is 6.18 Å². The van der Waals surface area contributed by atoms with Gasteiger partial charge in [0.25, 0.3) is 5.56 Å². The van der Waals surface area contributed by atoms with Gasteiger partial charge in [0.05, 0.1) is 24.3 Å². The van der Waals surface area contributed by atoms with E-state index in [0.717, 1.165) is 17.2 Å². The Bertz CT molecular complexity index is 850. The average Bonchev–Trinajstić information content (AvgIpc) is 2.95. The smallest absolute Gasteiger partial charge is 0.372 e. The molecule has 0 spiro atoms. The Labute approximate surface area is 131 Å². The second-order valence-corrected chi connectivity index (χ2v) is 5.82. The fraction of sp³-hybridized carbons (Fsp3) is 0.353. The van der Waals surface area contributed by atoms with E-state index in [-0.39, 0.29) is 17.9 Å². The molecular weight excluding hydrogens is 307 g/mol. The van der Waals surface area contributed by atoms with Crippen LogP contribution in [0.2, 0.25) is 0 Å². The predicted molar refractivity (Wildman–Crippen MR) is 80.1 cm³/mol. The van der Waals surface area contributed by atoms with E-state index >= 15 is 0 Å². The Morgan fingerprint density at radius 3 is 2.43 bits per heavy atom. The third-order valence-electron chi connectivity index (χ3n) is 4.40. The van der Waals surface area contributed by atoms with Crippen LogP contribution in [0.3, 0.4) is 0 Å². The van der Waals surface area contributed by atoms with Crippen molar-refractivity contribution in [2.45, 2.75) is 33.2 Å². The summed E-state index contributed by atoms with van der Waals surface area (Å²) in [6.45, 7) is 3.96. The molecule has 3 nitrogen and oxygen atoms in total. The van der Waals surface area contributed by atoms with Crippen LogP contribution in [0, 0.1) is 13.8 Å². The van der Waals surface area contributed by atoms with Gasteiger partial charge in [0.15, 0.2) is 0 Å². The lowest BCUT2D eigenvalue weighted by Gasteiger charge is -2.18. The number of aryl methyl sites for hydroxylation is 2. The van der Waals surface area contributed by atoms with Crippen LogP contribution in [0.25, 0.3) is 11.1 Å². The molecule has 1 aliphatic rings.